The van der Waals surface area contributed by atoms with Gasteiger partial charge in [-0.15, -0.1) is 0 Å². The van der Waals surface area contributed by atoms with Crippen LogP contribution in [0.3, 0.4) is 0 Å². The van der Waals surface area contributed by atoms with Gasteiger partial charge in [-0.05, 0) is 64.8 Å². The van der Waals surface area contributed by atoms with E-state index in [1.54, 1.807) is 25.3 Å². The van der Waals surface area contributed by atoms with E-state index in [4.69, 9.17) is 9.47 Å². The predicted octanol–water partition coefficient (Wildman–Crippen LogP) is 5.60. The molecular weight excluding hydrogens is 406 g/mol. The van der Waals surface area contributed by atoms with Crippen molar-refractivity contribution in [3.8, 4) is 11.5 Å². The van der Waals surface area contributed by atoms with Gasteiger partial charge in [0.2, 0.25) is 0 Å². The van der Waals surface area contributed by atoms with Crippen LogP contribution >= 0.6 is 15.9 Å². The molecule has 0 spiro atoms. The quantitative estimate of drug-likeness (QED) is 0.559. The Bertz CT molecular complexity index is 956. The summed E-state index contributed by atoms with van der Waals surface area (Å²) in [5.74, 6) is 1.30. The normalized spacial score (nSPS) is 10.3. The molecule has 3 aromatic carbocycles. The summed E-state index contributed by atoms with van der Waals surface area (Å²) in [6, 6.07) is 20.6. The van der Waals surface area contributed by atoms with Gasteiger partial charge in [-0.1, -0.05) is 30.3 Å². The van der Waals surface area contributed by atoms with E-state index in [2.05, 4.69) is 21.2 Å². The van der Waals surface area contributed by atoms with Crippen molar-refractivity contribution in [3.05, 3.63) is 87.9 Å². The number of amides is 1. The van der Waals surface area contributed by atoms with Gasteiger partial charge >= 0.3 is 0 Å². The zero-order valence-corrected chi connectivity index (χ0v) is 16.7. The van der Waals surface area contributed by atoms with E-state index in [0.29, 0.717) is 17.9 Å². The van der Waals surface area contributed by atoms with Crippen molar-refractivity contribution < 1.29 is 14.3 Å². The number of methoxy groups -OCH3 is 1. The first-order chi connectivity index (χ1) is 13.1. The number of hydrogen-bond acceptors (Lipinski definition) is 3. The number of rotatable bonds is 6. The van der Waals surface area contributed by atoms with Gasteiger partial charge in [0, 0.05) is 15.6 Å². The summed E-state index contributed by atoms with van der Waals surface area (Å²) in [5, 5.41) is 2.91. The average molecular weight is 426 g/mol. The molecule has 0 aliphatic heterocycles. The second-order valence-electron chi connectivity index (χ2n) is 6.01. The van der Waals surface area contributed by atoms with Crippen molar-refractivity contribution in [1.29, 1.82) is 0 Å². The Kier molecular flexibility index (Phi) is 6.14. The van der Waals surface area contributed by atoms with Crippen LogP contribution in [0.5, 0.6) is 11.5 Å². The molecule has 0 atom stereocenters. The average Bonchev–Trinajstić information content (AvgIpc) is 2.69. The SMILES string of the molecule is COc1ccc(C(=O)Nc2ccccc2Br)cc1COc1ccccc1C. The van der Waals surface area contributed by atoms with E-state index in [9.17, 15) is 4.79 Å². The third-order valence-corrected chi connectivity index (χ3v) is 4.83. The molecule has 1 amide bonds. The fourth-order valence-corrected chi connectivity index (χ4v) is 3.05. The van der Waals surface area contributed by atoms with E-state index in [0.717, 1.165) is 27.0 Å². The first kappa shape index (κ1) is 19.0. The smallest absolute Gasteiger partial charge is 0.255 e. The Hall–Kier alpha value is -2.79. The standard InChI is InChI=1S/C22H20BrNO3/c1-15-7-3-6-10-20(15)27-14-17-13-16(11-12-21(17)26-2)22(25)24-19-9-5-4-8-18(19)23/h3-13H,14H2,1-2H3,(H,24,25). The Labute approximate surface area is 167 Å². The fourth-order valence-electron chi connectivity index (χ4n) is 2.66. The van der Waals surface area contributed by atoms with Crippen LogP contribution in [-0.2, 0) is 6.61 Å². The van der Waals surface area contributed by atoms with Crippen LogP contribution in [0.25, 0.3) is 0 Å². The molecular formula is C22H20BrNO3. The lowest BCUT2D eigenvalue weighted by Gasteiger charge is -2.14. The molecule has 3 aromatic rings. The van der Waals surface area contributed by atoms with E-state index < -0.39 is 0 Å². The summed E-state index contributed by atoms with van der Waals surface area (Å²) < 4.78 is 12.2. The molecule has 1 N–H and O–H groups in total. The number of ether oxygens (including phenoxy) is 2. The predicted molar refractivity (Wildman–Crippen MR) is 111 cm³/mol. The maximum atomic E-state index is 12.6. The third kappa shape index (κ3) is 4.68. The van der Waals surface area contributed by atoms with Crippen LogP contribution in [0.1, 0.15) is 21.5 Å². The molecule has 0 unspecified atom stereocenters. The number of carbonyl (C=O) groups excluding carboxylic acids is 1. The number of anilines is 1. The highest BCUT2D eigenvalue weighted by Gasteiger charge is 2.12. The Morgan fingerprint density at radius 2 is 1.74 bits per heavy atom. The molecule has 0 fully saturated rings. The molecule has 5 heteroatoms. The van der Waals surface area contributed by atoms with E-state index in [-0.39, 0.29) is 5.91 Å². The topological polar surface area (TPSA) is 47.6 Å². The Balaban J connectivity index is 1.79. The molecule has 0 radical (unpaired) electrons. The minimum atomic E-state index is -0.193. The van der Waals surface area contributed by atoms with Gasteiger partial charge in [-0.2, -0.15) is 0 Å². The third-order valence-electron chi connectivity index (χ3n) is 4.14. The molecule has 3 rings (SSSR count). The molecule has 27 heavy (non-hydrogen) atoms. The molecule has 0 heterocycles. The van der Waals surface area contributed by atoms with Crippen LogP contribution in [0.4, 0.5) is 5.69 Å². The van der Waals surface area contributed by atoms with Crippen molar-refractivity contribution in [1.82, 2.24) is 0 Å². The highest BCUT2D eigenvalue weighted by molar-refractivity contribution is 9.10. The zero-order chi connectivity index (χ0) is 19.2. The lowest BCUT2D eigenvalue weighted by atomic mass is 10.1. The Morgan fingerprint density at radius 1 is 1.00 bits per heavy atom. The number of hydrogen-bond donors (Lipinski definition) is 1. The van der Waals surface area contributed by atoms with Gasteiger partial charge in [-0.3, -0.25) is 4.79 Å². The maximum Gasteiger partial charge on any atom is 0.255 e. The lowest BCUT2D eigenvalue weighted by molar-refractivity contribution is 0.102. The molecule has 138 valence electrons. The van der Waals surface area contributed by atoms with Crippen LogP contribution in [-0.4, -0.2) is 13.0 Å². The molecule has 4 nitrogen and oxygen atoms in total. The van der Waals surface area contributed by atoms with Crippen molar-refractivity contribution in [2.75, 3.05) is 12.4 Å². The van der Waals surface area contributed by atoms with Gasteiger partial charge < -0.3 is 14.8 Å². The first-order valence-electron chi connectivity index (χ1n) is 8.49. The van der Waals surface area contributed by atoms with Gasteiger partial charge in [0.1, 0.15) is 18.1 Å². The number of aryl methyl sites for hydroxylation is 1. The van der Waals surface area contributed by atoms with Gasteiger partial charge in [0.25, 0.3) is 5.91 Å². The van der Waals surface area contributed by atoms with Gasteiger partial charge in [0.15, 0.2) is 0 Å². The molecule has 0 bridgehead atoms. The zero-order valence-electron chi connectivity index (χ0n) is 15.2. The maximum absolute atomic E-state index is 12.6. The summed E-state index contributed by atoms with van der Waals surface area (Å²) in [5.41, 5.74) is 3.12. The molecule has 0 saturated carbocycles. The van der Waals surface area contributed by atoms with E-state index in [1.807, 2.05) is 55.5 Å². The highest BCUT2D eigenvalue weighted by atomic mass is 79.9. The molecule has 0 aromatic heterocycles. The Morgan fingerprint density at radius 3 is 2.48 bits per heavy atom. The summed E-state index contributed by atoms with van der Waals surface area (Å²) in [7, 11) is 1.60. The van der Waals surface area contributed by atoms with Crippen molar-refractivity contribution in [2.45, 2.75) is 13.5 Å². The fraction of sp³-hybridized carbons (Fsp3) is 0.136. The first-order valence-corrected chi connectivity index (χ1v) is 9.29. The number of para-hydroxylation sites is 2. The second kappa shape index (κ2) is 8.73. The molecule has 0 aliphatic rings. The monoisotopic (exact) mass is 425 g/mol. The molecule has 0 aliphatic carbocycles. The number of benzene rings is 3. The van der Waals surface area contributed by atoms with Gasteiger partial charge in [-0.25, -0.2) is 0 Å². The minimum Gasteiger partial charge on any atom is -0.496 e. The minimum absolute atomic E-state index is 0.193. The summed E-state index contributed by atoms with van der Waals surface area (Å²) >= 11 is 3.44. The summed E-state index contributed by atoms with van der Waals surface area (Å²) in [6.07, 6.45) is 0. The van der Waals surface area contributed by atoms with Crippen molar-refractivity contribution >= 4 is 27.5 Å². The van der Waals surface area contributed by atoms with Crippen molar-refractivity contribution in [2.24, 2.45) is 0 Å². The van der Waals surface area contributed by atoms with Crippen LogP contribution < -0.4 is 14.8 Å². The number of carbonyl (C=O) groups is 1. The summed E-state index contributed by atoms with van der Waals surface area (Å²) in [6.45, 7) is 2.30. The molecule has 0 saturated heterocycles. The largest absolute Gasteiger partial charge is 0.496 e. The second-order valence-corrected chi connectivity index (χ2v) is 6.87. The lowest BCUT2D eigenvalue weighted by Crippen LogP contribution is -2.13. The summed E-state index contributed by atoms with van der Waals surface area (Å²) in [4.78, 5) is 12.6. The van der Waals surface area contributed by atoms with Crippen molar-refractivity contribution in [3.63, 3.8) is 0 Å². The highest BCUT2D eigenvalue weighted by Crippen LogP contribution is 2.25. The van der Waals surface area contributed by atoms with Crippen LogP contribution in [0.15, 0.2) is 71.2 Å². The van der Waals surface area contributed by atoms with E-state index in [1.165, 1.54) is 0 Å². The number of halogens is 1. The van der Waals surface area contributed by atoms with E-state index >= 15 is 0 Å². The van der Waals surface area contributed by atoms with Crippen LogP contribution in [0, 0.1) is 6.92 Å². The number of nitrogens with one attached hydrogen (secondary N) is 1. The van der Waals surface area contributed by atoms with Crippen LogP contribution in [0.2, 0.25) is 0 Å². The van der Waals surface area contributed by atoms with Gasteiger partial charge in [0.05, 0.1) is 12.8 Å².